The van der Waals surface area contributed by atoms with Crippen LogP contribution in [0, 0.1) is 19.7 Å². The van der Waals surface area contributed by atoms with Gasteiger partial charge in [0.2, 0.25) is 5.91 Å². The first-order valence-corrected chi connectivity index (χ1v) is 8.64. The number of amides is 1. The SMILES string of the molecule is Cc1cc(SCC(=O)NCc2ccc(F)cc2)c(C)cc1Br. The van der Waals surface area contributed by atoms with E-state index >= 15 is 0 Å². The number of rotatable bonds is 5. The van der Waals surface area contributed by atoms with Gasteiger partial charge in [0, 0.05) is 15.9 Å². The van der Waals surface area contributed by atoms with Gasteiger partial charge >= 0.3 is 0 Å². The fourth-order valence-electron chi connectivity index (χ4n) is 1.91. The lowest BCUT2D eigenvalue weighted by Gasteiger charge is -2.09. The van der Waals surface area contributed by atoms with E-state index in [9.17, 15) is 9.18 Å². The highest BCUT2D eigenvalue weighted by atomic mass is 79.9. The van der Waals surface area contributed by atoms with Crippen molar-refractivity contribution in [3.8, 4) is 0 Å². The van der Waals surface area contributed by atoms with Crippen molar-refractivity contribution in [2.24, 2.45) is 0 Å². The van der Waals surface area contributed by atoms with Gasteiger partial charge < -0.3 is 5.32 Å². The molecule has 0 aliphatic carbocycles. The van der Waals surface area contributed by atoms with Gasteiger partial charge in [-0.3, -0.25) is 4.79 Å². The molecule has 0 fully saturated rings. The first kappa shape index (κ1) is 17.0. The van der Waals surface area contributed by atoms with Crippen LogP contribution >= 0.6 is 27.7 Å². The number of halogens is 2. The van der Waals surface area contributed by atoms with Crippen molar-refractivity contribution in [2.45, 2.75) is 25.3 Å². The van der Waals surface area contributed by atoms with Crippen LogP contribution in [0.4, 0.5) is 4.39 Å². The van der Waals surface area contributed by atoms with E-state index in [0.29, 0.717) is 12.3 Å². The highest BCUT2D eigenvalue weighted by Gasteiger charge is 2.07. The summed E-state index contributed by atoms with van der Waals surface area (Å²) in [7, 11) is 0. The predicted octanol–water partition coefficient (Wildman–Crippen LogP) is 4.61. The number of hydrogen-bond donors (Lipinski definition) is 1. The maximum Gasteiger partial charge on any atom is 0.230 e. The molecular formula is C17H17BrFNOS. The molecule has 1 amide bonds. The van der Waals surface area contributed by atoms with E-state index < -0.39 is 0 Å². The predicted molar refractivity (Wildman–Crippen MR) is 92.6 cm³/mol. The fraction of sp³-hybridized carbons (Fsp3) is 0.235. The molecule has 0 unspecified atom stereocenters. The van der Waals surface area contributed by atoms with Crippen LogP contribution in [0.5, 0.6) is 0 Å². The van der Waals surface area contributed by atoms with Gasteiger partial charge in [0.25, 0.3) is 0 Å². The summed E-state index contributed by atoms with van der Waals surface area (Å²) in [4.78, 5) is 13.0. The molecule has 1 N–H and O–H groups in total. The number of nitrogens with one attached hydrogen (secondary N) is 1. The second-order valence-electron chi connectivity index (χ2n) is 5.06. The molecule has 0 aromatic heterocycles. The summed E-state index contributed by atoms with van der Waals surface area (Å²) in [6.45, 7) is 4.48. The van der Waals surface area contributed by atoms with Crippen molar-refractivity contribution < 1.29 is 9.18 Å². The molecule has 0 radical (unpaired) electrons. The molecule has 22 heavy (non-hydrogen) atoms. The van der Waals surface area contributed by atoms with Crippen molar-refractivity contribution >= 4 is 33.6 Å². The Hall–Kier alpha value is -1.33. The molecule has 2 rings (SSSR count). The summed E-state index contributed by atoms with van der Waals surface area (Å²) in [6.07, 6.45) is 0. The Balaban J connectivity index is 1.85. The molecule has 5 heteroatoms. The number of hydrogen-bond acceptors (Lipinski definition) is 2. The minimum atomic E-state index is -0.272. The smallest absolute Gasteiger partial charge is 0.230 e. The monoisotopic (exact) mass is 381 g/mol. The number of benzene rings is 2. The van der Waals surface area contributed by atoms with Crippen LogP contribution in [-0.2, 0) is 11.3 Å². The first-order valence-electron chi connectivity index (χ1n) is 6.86. The summed E-state index contributed by atoms with van der Waals surface area (Å²) in [5.74, 6) is 0.0596. The number of thioether (sulfide) groups is 1. The van der Waals surface area contributed by atoms with Gasteiger partial charge in [0.15, 0.2) is 0 Å². The summed E-state index contributed by atoms with van der Waals surface area (Å²) < 4.78 is 13.9. The highest BCUT2D eigenvalue weighted by molar-refractivity contribution is 9.10. The average Bonchev–Trinajstić information content (AvgIpc) is 2.49. The van der Waals surface area contributed by atoms with E-state index in [2.05, 4.69) is 33.4 Å². The zero-order valence-electron chi connectivity index (χ0n) is 12.5. The molecule has 0 saturated carbocycles. The summed E-state index contributed by atoms with van der Waals surface area (Å²) in [6, 6.07) is 10.3. The molecule has 0 aliphatic heterocycles. The molecule has 0 atom stereocenters. The first-order chi connectivity index (χ1) is 10.5. The molecular weight excluding hydrogens is 365 g/mol. The Bertz CT molecular complexity index is 673. The quantitative estimate of drug-likeness (QED) is 0.765. The van der Waals surface area contributed by atoms with Crippen molar-refractivity contribution in [1.29, 1.82) is 0 Å². The highest BCUT2D eigenvalue weighted by Crippen LogP contribution is 2.28. The van der Waals surface area contributed by atoms with Gasteiger partial charge in [-0.25, -0.2) is 4.39 Å². The lowest BCUT2D eigenvalue weighted by Crippen LogP contribution is -2.24. The van der Waals surface area contributed by atoms with Crippen LogP contribution < -0.4 is 5.32 Å². The van der Waals surface area contributed by atoms with Crippen LogP contribution in [0.1, 0.15) is 16.7 Å². The molecule has 2 aromatic carbocycles. The maximum absolute atomic E-state index is 12.8. The lowest BCUT2D eigenvalue weighted by molar-refractivity contribution is -0.118. The zero-order chi connectivity index (χ0) is 16.1. The zero-order valence-corrected chi connectivity index (χ0v) is 14.9. The summed E-state index contributed by atoms with van der Waals surface area (Å²) >= 11 is 5.02. The van der Waals surface area contributed by atoms with E-state index in [1.165, 1.54) is 23.9 Å². The second-order valence-corrected chi connectivity index (χ2v) is 6.93. The third-order valence-electron chi connectivity index (χ3n) is 3.22. The number of carbonyl (C=O) groups is 1. The van der Waals surface area contributed by atoms with Crippen molar-refractivity contribution in [3.63, 3.8) is 0 Å². The molecule has 0 heterocycles. The Labute approximate surface area is 142 Å². The van der Waals surface area contributed by atoms with Crippen molar-refractivity contribution in [3.05, 3.63) is 63.4 Å². The Kier molecular flexibility index (Phi) is 6.03. The fourth-order valence-corrected chi connectivity index (χ4v) is 3.30. The standard InChI is InChI=1S/C17H17BrFNOS/c1-11-8-16(12(2)7-15(11)18)22-10-17(21)20-9-13-3-5-14(19)6-4-13/h3-8H,9-10H2,1-2H3,(H,20,21). The molecule has 0 saturated heterocycles. The Morgan fingerprint density at radius 3 is 2.55 bits per heavy atom. The molecule has 0 bridgehead atoms. The van der Waals surface area contributed by atoms with E-state index in [0.717, 1.165) is 26.1 Å². The Morgan fingerprint density at radius 1 is 1.18 bits per heavy atom. The Morgan fingerprint density at radius 2 is 1.86 bits per heavy atom. The lowest BCUT2D eigenvalue weighted by atomic mass is 10.2. The minimum Gasteiger partial charge on any atom is -0.351 e. The molecule has 116 valence electrons. The van der Waals surface area contributed by atoms with E-state index in [-0.39, 0.29) is 11.7 Å². The van der Waals surface area contributed by atoms with E-state index in [1.54, 1.807) is 12.1 Å². The van der Waals surface area contributed by atoms with Crippen molar-refractivity contribution in [2.75, 3.05) is 5.75 Å². The van der Waals surface area contributed by atoms with Gasteiger partial charge in [-0.15, -0.1) is 11.8 Å². The molecule has 2 aromatic rings. The van der Waals surface area contributed by atoms with Crippen LogP contribution in [0.3, 0.4) is 0 Å². The molecule has 0 aliphatic rings. The summed E-state index contributed by atoms with van der Waals surface area (Å²) in [5.41, 5.74) is 3.18. The number of aryl methyl sites for hydroxylation is 2. The van der Waals surface area contributed by atoms with Crippen LogP contribution in [0.25, 0.3) is 0 Å². The second kappa shape index (κ2) is 7.79. The topological polar surface area (TPSA) is 29.1 Å². The van der Waals surface area contributed by atoms with Gasteiger partial charge in [-0.2, -0.15) is 0 Å². The third kappa shape index (κ3) is 4.85. The largest absolute Gasteiger partial charge is 0.351 e. The van der Waals surface area contributed by atoms with Crippen molar-refractivity contribution in [1.82, 2.24) is 5.32 Å². The number of carbonyl (C=O) groups excluding carboxylic acids is 1. The third-order valence-corrected chi connectivity index (χ3v) is 5.23. The maximum atomic E-state index is 12.8. The minimum absolute atomic E-state index is 0.0331. The van der Waals surface area contributed by atoms with Gasteiger partial charge in [-0.1, -0.05) is 28.1 Å². The van der Waals surface area contributed by atoms with E-state index in [4.69, 9.17) is 0 Å². The molecule has 2 nitrogen and oxygen atoms in total. The van der Waals surface area contributed by atoms with Gasteiger partial charge in [0.05, 0.1) is 5.75 Å². The normalized spacial score (nSPS) is 10.5. The van der Waals surface area contributed by atoms with Crippen LogP contribution in [0.15, 0.2) is 45.8 Å². The average molecular weight is 382 g/mol. The van der Waals surface area contributed by atoms with Crippen LogP contribution in [0.2, 0.25) is 0 Å². The van der Waals surface area contributed by atoms with Gasteiger partial charge in [0.1, 0.15) is 5.82 Å². The summed E-state index contributed by atoms with van der Waals surface area (Å²) in [5, 5.41) is 2.84. The van der Waals surface area contributed by atoms with Gasteiger partial charge in [-0.05, 0) is 54.8 Å². The van der Waals surface area contributed by atoms with E-state index in [1.807, 2.05) is 13.8 Å². The molecule has 0 spiro atoms. The van der Waals surface area contributed by atoms with Crippen LogP contribution in [-0.4, -0.2) is 11.7 Å².